The van der Waals surface area contributed by atoms with Crippen LogP contribution in [0.1, 0.15) is 29.0 Å². The minimum atomic E-state index is -0.563. The Morgan fingerprint density at radius 2 is 1.75 bits per heavy atom. The van der Waals surface area contributed by atoms with Crippen LogP contribution < -0.4 is 15.5 Å². The van der Waals surface area contributed by atoms with Crippen molar-refractivity contribution in [3.05, 3.63) is 75.1 Å². The number of hydrogen-bond donors (Lipinski definition) is 2. The van der Waals surface area contributed by atoms with Gasteiger partial charge in [-0.05, 0) is 50.1 Å². The van der Waals surface area contributed by atoms with Gasteiger partial charge in [0.05, 0.1) is 15.5 Å². The molecule has 0 spiro atoms. The third kappa shape index (κ3) is 4.94. The number of carbonyl (C=O) groups excluding carboxylic acids is 1. The molecular weight excluding hydrogens is 432 g/mol. The van der Waals surface area contributed by atoms with Crippen LogP contribution in [0.15, 0.2) is 48.5 Å². The van der Waals surface area contributed by atoms with Crippen LogP contribution in [0.3, 0.4) is 0 Å². The van der Waals surface area contributed by atoms with Gasteiger partial charge >= 0.3 is 0 Å². The van der Waals surface area contributed by atoms with Crippen molar-refractivity contribution in [2.24, 2.45) is 0 Å². The SMILES string of the molecule is Cc1nc(Nc2ccc(NC(=O)c3ccc([N+](=O)[O-])cc3Cl)cc2)cc(N2CCCC2)n1. The minimum absolute atomic E-state index is 0.0166. The first-order chi connectivity index (χ1) is 15.4. The van der Waals surface area contributed by atoms with Gasteiger partial charge in [0.2, 0.25) is 0 Å². The normalized spacial score (nSPS) is 13.1. The Morgan fingerprint density at radius 1 is 1.06 bits per heavy atom. The molecule has 1 aromatic heterocycles. The smallest absolute Gasteiger partial charge is 0.270 e. The van der Waals surface area contributed by atoms with Gasteiger partial charge in [-0.1, -0.05) is 11.6 Å². The highest BCUT2D eigenvalue weighted by atomic mass is 35.5. The van der Waals surface area contributed by atoms with Gasteiger partial charge in [-0.3, -0.25) is 14.9 Å². The van der Waals surface area contributed by atoms with Crippen LogP contribution in [-0.4, -0.2) is 33.9 Å². The molecule has 0 bridgehead atoms. The summed E-state index contributed by atoms with van der Waals surface area (Å²) in [5.41, 5.74) is 1.36. The highest BCUT2D eigenvalue weighted by Gasteiger charge is 2.16. The molecule has 1 saturated heterocycles. The fraction of sp³-hybridized carbons (Fsp3) is 0.227. The van der Waals surface area contributed by atoms with E-state index in [2.05, 4.69) is 25.5 Å². The molecule has 32 heavy (non-hydrogen) atoms. The van der Waals surface area contributed by atoms with Gasteiger partial charge in [0, 0.05) is 42.7 Å². The average Bonchev–Trinajstić information content (AvgIpc) is 3.29. The highest BCUT2D eigenvalue weighted by Crippen LogP contribution is 2.25. The second-order valence-electron chi connectivity index (χ2n) is 7.43. The Kier molecular flexibility index (Phi) is 6.18. The number of aryl methyl sites for hydroxylation is 1. The zero-order valence-electron chi connectivity index (χ0n) is 17.3. The summed E-state index contributed by atoms with van der Waals surface area (Å²) in [6, 6.07) is 12.8. The van der Waals surface area contributed by atoms with Crippen LogP contribution in [0, 0.1) is 17.0 Å². The number of anilines is 4. The molecule has 2 N–H and O–H groups in total. The van der Waals surface area contributed by atoms with Crippen LogP contribution in [0.2, 0.25) is 5.02 Å². The fourth-order valence-corrected chi connectivity index (χ4v) is 3.77. The second-order valence-corrected chi connectivity index (χ2v) is 7.84. The van der Waals surface area contributed by atoms with Crippen molar-refractivity contribution in [2.75, 3.05) is 28.6 Å². The number of benzene rings is 2. The van der Waals surface area contributed by atoms with E-state index in [-0.39, 0.29) is 16.3 Å². The highest BCUT2D eigenvalue weighted by molar-refractivity contribution is 6.34. The van der Waals surface area contributed by atoms with Crippen molar-refractivity contribution in [1.29, 1.82) is 0 Å². The molecule has 9 nitrogen and oxygen atoms in total. The molecule has 4 rings (SSSR count). The molecule has 0 aliphatic carbocycles. The molecule has 1 aliphatic heterocycles. The molecule has 0 unspecified atom stereocenters. The van der Waals surface area contributed by atoms with Crippen LogP contribution >= 0.6 is 11.6 Å². The van der Waals surface area contributed by atoms with E-state index in [4.69, 9.17) is 11.6 Å². The van der Waals surface area contributed by atoms with E-state index in [0.717, 1.165) is 30.7 Å². The Morgan fingerprint density at radius 3 is 2.41 bits per heavy atom. The van der Waals surface area contributed by atoms with Gasteiger partial charge in [0.1, 0.15) is 17.5 Å². The molecule has 1 aliphatic rings. The molecule has 0 atom stereocenters. The van der Waals surface area contributed by atoms with Gasteiger partial charge in [0.15, 0.2) is 0 Å². The number of nitro groups is 1. The van der Waals surface area contributed by atoms with Crippen LogP contribution in [0.4, 0.5) is 28.7 Å². The molecule has 10 heteroatoms. The second kappa shape index (κ2) is 9.19. The molecule has 1 amide bonds. The van der Waals surface area contributed by atoms with Gasteiger partial charge < -0.3 is 15.5 Å². The van der Waals surface area contributed by atoms with Gasteiger partial charge in [0.25, 0.3) is 11.6 Å². The van der Waals surface area contributed by atoms with E-state index in [1.165, 1.54) is 25.0 Å². The number of nitrogens with one attached hydrogen (secondary N) is 2. The molecule has 1 fully saturated rings. The lowest BCUT2D eigenvalue weighted by atomic mass is 10.2. The largest absolute Gasteiger partial charge is 0.356 e. The number of non-ortho nitro benzene ring substituents is 1. The topological polar surface area (TPSA) is 113 Å². The summed E-state index contributed by atoms with van der Waals surface area (Å²) < 4.78 is 0. The van der Waals surface area contributed by atoms with Crippen molar-refractivity contribution in [1.82, 2.24) is 9.97 Å². The first kappa shape index (κ1) is 21.5. The van der Waals surface area contributed by atoms with Crippen LogP contribution in [0.5, 0.6) is 0 Å². The lowest BCUT2D eigenvalue weighted by Crippen LogP contribution is -2.19. The summed E-state index contributed by atoms with van der Waals surface area (Å²) >= 11 is 6.03. The van der Waals surface area contributed by atoms with Crippen molar-refractivity contribution in [2.45, 2.75) is 19.8 Å². The number of amides is 1. The quantitative estimate of drug-likeness (QED) is 0.402. The molecule has 2 aromatic carbocycles. The summed E-state index contributed by atoms with van der Waals surface area (Å²) in [6.07, 6.45) is 2.34. The summed E-state index contributed by atoms with van der Waals surface area (Å²) in [6.45, 7) is 3.87. The predicted molar refractivity (Wildman–Crippen MR) is 124 cm³/mol. The zero-order valence-corrected chi connectivity index (χ0v) is 18.1. The number of halogens is 1. The van der Waals surface area contributed by atoms with E-state index < -0.39 is 10.8 Å². The number of hydrogen-bond acceptors (Lipinski definition) is 7. The number of nitrogens with zero attached hydrogens (tertiary/aromatic N) is 4. The monoisotopic (exact) mass is 452 g/mol. The Balaban J connectivity index is 1.43. The zero-order chi connectivity index (χ0) is 22.7. The summed E-state index contributed by atoms with van der Waals surface area (Å²) in [5, 5.41) is 16.9. The third-order valence-corrected chi connectivity index (χ3v) is 5.39. The van der Waals surface area contributed by atoms with E-state index in [0.29, 0.717) is 17.3 Å². The summed E-state index contributed by atoms with van der Waals surface area (Å²) in [4.78, 5) is 34.0. The molecule has 0 radical (unpaired) electrons. The number of carbonyl (C=O) groups is 1. The first-order valence-electron chi connectivity index (χ1n) is 10.1. The predicted octanol–water partition coefficient (Wildman–Crippen LogP) is 4.94. The molecular formula is C22H21ClN6O3. The van der Waals surface area contributed by atoms with E-state index in [1.807, 2.05) is 25.1 Å². The molecule has 0 saturated carbocycles. The minimum Gasteiger partial charge on any atom is -0.356 e. The van der Waals surface area contributed by atoms with E-state index >= 15 is 0 Å². The Hall–Kier alpha value is -3.72. The summed E-state index contributed by atoms with van der Waals surface area (Å²) in [5.74, 6) is 1.86. The van der Waals surface area contributed by atoms with Crippen molar-refractivity contribution in [3.8, 4) is 0 Å². The van der Waals surface area contributed by atoms with Crippen LogP contribution in [0.25, 0.3) is 0 Å². The lowest BCUT2D eigenvalue weighted by Gasteiger charge is -2.18. The number of rotatable bonds is 6. The van der Waals surface area contributed by atoms with Gasteiger partial charge in [-0.15, -0.1) is 0 Å². The number of aromatic nitrogens is 2. The average molecular weight is 453 g/mol. The van der Waals surface area contributed by atoms with Crippen molar-refractivity contribution < 1.29 is 9.72 Å². The maximum absolute atomic E-state index is 12.5. The van der Waals surface area contributed by atoms with E-state index in [9.17, 15) is 14.9 Å². The maximum Gasteiger partial charge on any atom is 0.270 e. The lowest BCUT2D eigenvalue weighted by molar-refractivity contribution is -0.384. The Labute approximate surface area is 189 Å². The van der Waals surface area contributed by atoms with Gasteiger partial charge in [-0.2, -0.15) is 0 Å². The molecule has 164 valence electrons. The Bertz CT molecular complexity index is 1160. The molecule has 3 aromatic rings. The first-order valence-corrected chi connectivity index (χ1v) is 10.5. The van der Waals surface area contributed by atoms with Crippen molar-refractivity contribution in [3.63, 3.8) is 0 Å². The standard InChI is InChI=1S/C22H21ClN6O3/c1-14-24-20(13-21(25-14)28-10-2-3-11-28)26-15-4-6-16(7-5-15)27-22(30)18-9-8-17(29(31)32)12-19(18)23/h4-9,12-13H,2-3,10-11H2,1H3,(H,27,30)(H,24,25,26). The fourth-order valence-electron chi connectivity index (χ4n) is 3.51. The third-order valence-electron chi connectivity index (χ3n) is 5.08. The summed E-state index contributed by atoms with van der Waals surface area (Å²) in [7, 11) is 0. The van der Waals surface area contributed by atoms with Crippen molar-refractivity contribution >= 4 is 46.2 Å². The van der Waals surface area contributed by atoms with Crippen LogP contribution in [-0.2, 0) is 0 Å². The maximum atomic E-state index is 12.5. The van der Waals surface area contributed by atoms with E-state index in [1.54, 1.807) is 12.1 Å². The van der Waals surface area contributed by atoms with Gasteiger partial charge in [-0.25, -0.2) is 9.97 Å². The molecule has 2 heterocycles. The number of nitro benzene ring substituents is 1.